The molecule has 0 saturated carbocycles. The second-order valence-corrected chi connectivity index (χ2v) is 2.87. The molecule has 0 fully saturated rings. The van der Waals surface area contributed by atoms with Crippen molar-refractivity contribution in [2.75, 3.05) is 19.8 Å². The zero-order valence-corrected chi connectivity index (χ0v) is 12.9. The van der Waals surface area contributed by atoms with E-state index >= 15 is 0 Å². The first-order chi connectivity index (χ1) is 9.92. The molecule has 0 aliphatic rings. The molecule has 120 valence electrons. The minimum absolute atomic E-state index is 0.359. The molecule has 0 unspecified atom stereocenters. The molecular formula is C15H24O6. The number of carbonyl (C=O) groups is 3. The van der Waals surface area contributed by atoms with Crippen LogP contribution in [0.4, 0.5) is 0 Å². The first kappa shape index (κ1) is 23.7. The summed E-state index contributed by atoms with van der Waals surface area (Å²) in [6.45, 7) is 16.1. The van der Waals surface area contributed by atoms with Gasteiger partial charge < -0.3 is 14.2 Å². The molecule has 0 spiro atoms. The van der Waals surface area contributed by atoms with Gasteiger partial charge in [-0.2, -0.15) is 0 Å². The fraction of sp³-hybridized carbons (Fsp3) is 0.400. The zero-order valence-electron chi connectivity index (χ0n) is 12.9. The molecule has 0 saturated heterocycles. The topological polar surface area (TPSA) is 78.9 Å². The Labute approximate surface area is 126 Å². The molecule has 0 aromatic carbocycles. The molecule has 0 atom stereocenters. The standard InChI is InChI=1S/3C5H8O2/c3*1-3-5(6)7-4-2/h3*3H,1,4H2,2H3. The van der Waals surface area contributed by atoms with Gasteiger partial charge in [0, 0.05) is 18.2 Å². The summed E-state index contributed by atoms with van der Waals surface area (Å²) in [6, 6.07) is 0. The minimum atomic E-state index is -0.359. The monoisotopic (exact) mass is 300 g/mol. The molecule has 0 aliphatic heterocycles. The van der Waals surface area contributed by atoms with Crippen molar-refractivity contribution >= 4 is 17.9 Å². The largest absolute Gasteiger partial charge is 0.463 e. The first-order valence-corrected chi connectivity index (χ1v) is 6.30. The lowest BCUT2D eigenvalue weighted by Crippen LogP contribution is -1.97. The van der Waals surface area contributed by atoms with E-state index in [4.69, 9.17) is 0 Å². The number of hydrogen-bond donors (Lipinski definition) is 0. The average molecular weight is 300 g/mol. The zero-order chi connectivity index (χ0) is 17.1. The third-order valence-corrected chi connectivity index (χ3v) is 1.36. The summed E-state index contributed by atoms with van der Waals surface area (Å²) in [5.74, 6) is -1.08. The SMILES string of the molecule is C=CC(=O)OCC.C=CC(=O)OCC.C=CC(=O)OCC. The van der Waals surface area contributed by atoms with Crippen LogP contribution in [-0.2, 0) is 28.6 Å². The van der Waals surface area contributed by atoms with Crippen molar-refractivity contribution in [2.45, 2.75) is 20.8 Å². The van der Waals surface area contributed by atoms with Crippen LogP contribution in [-0.4, -0.2) is 37.7 Å². The van der Waals surface area contributed by atoms with E-state index in [1.165, 1.54) is 0 Å². The van der Waals surface area contributed by atoms with Crippen LogP contribution < -0.4 is 0 Å². The first-order valence-electron chi connectivity index (χ1n) is 6.30. The molecule has 6 heteroatoms. The van der Waals surface area contributed by atoms with E-state index in [9.17, 15) is 14.4 Å². The van der Waals surface area contributed by atoms with E-state index in [1.54, 1.807) is 20.8 Å². The highest BCUT2D eigenvalue weighted by Crippen LogP contribution is 1.75. The van der Waals surface area contributed by atoms with Gasteiger partial charge in [0.2, 0.25) is 0 Å². The fourth-order valence-electron chi connectivity index (χ4n) is 0.604. The molecular weight excluding hydrogens is 276 g/mol. The third kappa shape index (κ3) is 27.0. The number of carbonyl (C=O) groups excluding carboxylic acids is 3. The van der Waals surface area contributed by atoms with Gasteiger partial charge >= 0.3 is 17.9 Å². The summed E-state index contributed by atoms with van der Waals surface area (Å²) >= 11 is 0. The van der Waals surface area contributed by atoms with Gasteiger partial charge in [-0.1, -0.05) is 19.7 Å². The molecule has 0 heterocycles. The maximum atomic E-state index is 10.1. The number of esters is 3. The Bertz CT molecular complexity index is 281. The predicted molar refractivity (Wildman–Crippen MR) is 80.5 cm³/mol. The highest BCUT2D eigenvalue weighted by atomic mass is 16.5. The second-order valence-electron chi connectivity index (χ2n) is 2.87. The summed E-state index contributed by atoms with van der Waals surface area (Å²) in [7, 11) is 0. The number of ether oxygens (including phenoxy) is 3. The van der Waals surface area contributed by atoms with Gasteiger partial charge in [0.05, 0.1) is 19.8 Å². The average Bonchev–Trinajstić information content (AvgIpc) is 2.49. The van der Waals surface area contributed by atoms with Crippen molar-refractivity contribution in [3.63, 3.8) is 0 Å². The Morgan fingerprint density at radius 3 is 0.905 bits per heavy atom. The predicted octanol–water partition coefficient (Wildman–Crippen LogP) is 2.21. The highest BCUT2D eigenvalue weighted by Gasteiger charge is 1.87. The second kappa shape index (κ2) is 20.0. The lowest BCUT2D eigenvalue weighted by atomic mass is 10.6. The molecule has 0 bridgehead atoms. The van der Waals surface area contributed by atoms with Crippen LogP contribution in [0.1, 0.15) is 20.8 Å². The lowest BCUT2D eigenvalue weighted by Gasteiger charge is -1.90. The van der Waals surface area contributed by atoms with Crippen LogP contribution in [0.2, 0.25) is 0 Å². The van der Waals surface area contributed by atoms with E-state index in [0.717, 1.165) is 18.2 Å². The molecule has 0 amide bonds. The Hall–Kier alpha value is -2.37. The van der Waals surface area contributed by atoms with Gasteiger partial charge in [-0.25, -0.2) is 14.4 Å². The van der Waals surface area contributed by atoms with Crippen LogP contribution in [0.25, 0.3) is 0 Å². The quantitative estimate of drug-likeness (QED) is 0.425. The van der Waals surface area contributed by atoms with Crippen molar-refractivity contribution in [2.24, 2.45) is 0 Å². The highest BCUT2D eigenvalue weighted by molar-refractivity contribution is 5.81. The molecule has 0 aromatic heterocycles. The Kier molecular flexibility index (Phi) is 22.5. The van der Waals surface area contributed by atoms with E-state index in [1.807, 2.05) is 0 Å². The third-order valence-electron chi connectivity index (χ3n) is 1.36. The molecule has 0 radical (unpaired) electrons. The Morgan fingerprint density at radius 2 is 0.857 bits per heavy atom. The molecule has 21 heavy (non-hydrogen) atoms. The summed E-state index contributed by atoms with van der Waals surface area (Å²) in [5.41, 5.74) is 0. The van der Waals surface area contributed by atoms with Gasteiger partial charge in [-0.15, -0.1) is 0 Å². The molecule has 0 aromatic rings. The summed E-state index contributed by atoms with van der Waals surface area (Å²) in [5, 5.41) is 0. The van der Waals surface area contributed by atoms with E-state index in [0.29, 0.717) is 19.8 Å². The maximum absolute atomic E-state index is 10.1. The molecule has 6 nitrogen and oxygen atoms in total. The molecule has 0 N–H and O–H groups in total. The van der Waals surface area contributed by atoms with E-state index in [-0.39, 0.29) is 17.9 Å². The van der Waals surface area contributed by atoms with Gasteiger partial charge in [-0.05, 0) is 20.8 Å². The van der Waals surface area contributed by atoms with Crippen molar-refractivity contribution in [1.82, 2.24) is 0 Å². The van der Waals surface area contributed by atoms with E-state index in [2.05, 4.69) is 33.9 Å². The van der Waals surface area contributed by atoms with Gasteiger partial charge in [0.15, 0.2) is 0 Å². The van der Waals surface area contributed by atoms with Crippen molar-refractivity contribution in [3.8, 4) is 0 Å². The van der Waals surface area contributed by atoms with Gasteiger partial charge in [-0.3, -0.25) is 0 Å². The molecule has 0 aliphatic carbocycles. The van der Waals surface area contributed by atoms with Gasteiger partial charge in [0.25, 0.3) is 0 Å². The summed E-state index contributed by atoms with van der Waals surface area (Å²) < 4.78 is 13.3. The summed E-state index contributed by atoms with van der Waals surface area (Å²) in [6.07, 6.45) is 3.43. The smallest absolute Gasteiger partial charge is 0.330 e. The van der Waals surface area contributed by atoms with Crippen molar-refractivity contribution in [1.29, 1.82) is 0 Å². The van der Waals surface area contributed by atoms with Crippen molar-refractivity contribution in [3.05, 3.63) is 38.0 Å². The number of hydrogen-bond acceptors (Lipinski definition) is 6. The fourth-order valence-corrected chi connectivity index (χ4v) is 0.604. The normalized spacial score (nSPS) is 7.57. The van der Waals surface area contributed by atoms with Crippen molar-refractivity contribution < 1.29 is 28.6 Å². The lowest BCUT2D eigenvalue weighted by molar-refractivity contribution is -0.138. The minimum Gasteiger partial charge on any atom is -0.463 e. The van der Waals surface area contributed by atoms with E-state index < -0.39 is 0 Å². The van der Waals surface area contributed by atoms with Crippen LogP contribution in [0.15, 0.2) is 38.0 Å². The van der Waals surface area contributed by atoms with Crippen LogP contribution >= 0.6 is 0 Å². The van der Waals surface area contributed by atoms with Gasteiger partial charge in [0.1, 0.15) is 0 Å². The number of rotatable bonds is 6. The van der Waals surface area contributed by atoms with Crippen LogP contribution in [0.5, 0.6) is 0 Å². The Balaban J connectivity index is -0.000000231. The van der Waals surface area contributed by atoms with Crippen LogP contribution in [0, 0.1) is 0 Å². The Morgan fingerprint density at radius 1 is 0.667 bits per heavy atom. The maximum Gasteiger partial charge on any atom is 0.330 e. The van der Waals surface area contributed by atoms with Crippen LogP contribution in [0.3, 0.4) is 0 Å². The molecule has 0 rings (SSSR count). The summed E-state index contributed by atoms with van der Waals surface area (Å²) in [4.78, 5) is 30.2.